The number of H-pyrrole nitrogens is 2. The second-order valence-electron chi connectivity index (χ2n) is 5.47. The Labute approximate surface area is 136 Å². The van der Waals surface area contributed by atoms with Gasteiger partial charge < -0.3 is 20.6 Å². The quantitative estimate of drug-likeness (QED) is 0.584. The second-order valence-corrected chi connectivity index (χ2v) is 5.90. The molecule has 0 fully saturated rings. The molecule has 4 rings (SSSR count). The van der Waals surface area contributed by atoms with E-state index >= 15 is 0 Å². The number of nitrogens with one attached hydrogen (secondary N) is 4. The molecule has 0 bridgehead atoms. The van der Waals surface area contributed by atoms with Gasteiger partial charge in [-0.1, -0.05) is 11.6 Å². The number of amides is 1. The highest BCUT2D eigenvalue weighted by Gasteiger charge is 2.28. The molecule has 0 spiro atoms. The fraction of sp³-hybridized carbons (Fsp3) is 0.267. The minimum absolute atomic E-state index is 0.114. The molecule has 7 nitrogen and oxygen atoms in total. The van der Waals surface area contributed by atoms with Gasteiger partial charge in [-0.25, -0.2) is 9.97 Å². The van der Waals surface area contributed by atoms with Crippen LogP contribution >= 0.6 is 11.6 Å². The summed E-state index contributed by atoms with van der Waals surface area (Å²) in [5, 5.41) is 6.73. The maximum absolute atomic E-state index is 12.4. The Morgan fingerprint density at radius 1 is 1.43 bits per heavy atom. The van der Waals surface area contributed by atoms with Crippen LogP contribution in [0.1, 0.15) is 23.3 Å². The first-order valence-corrected chi connectivity index (χ1v) is 7.76. The summed E-state index contributed by atoms with van der Waals surface area (Å²) in [6.07, 6.45) is 2.48. The standard InChI is InChI=1S/C15H15ClN6O/c16-8-1-2-9-11(5-8)22-12(21-9)6-18-15(23)14-13-10(3-4-17-14)19-7-20-13/h1-2,5,7,14,17H,3-4,6H2,(H,18,23)(H,19,20)(H,21,22)/t14-/m0/s1. The lowest BCUT2D eigenvalue weighted by Gasteiger charge is -2.21. The van der Waals surface area contributed by atoms with Crippen molar-refractivity contribution in [3.05, 3.63) is 46.8 Å². The van der Waals surface area contributed by atoms with Crippen LogP contribution < -0.4 is 10.6 Å². The van der Waals surface area contributed by atoms with Gasteiger partial charge in [-0.15, -0.1) is 0 Å². The SMILES string of the molecule is O=C(NCc1nc2ccc(Cl)cc2[nH]1)[C@H]1NCCc2[nH]cnc21. The van der Waals surface area contributed by atoms with Crippen LogP contribution in [0.4, 0.5) is 0 Å². The summed E-state index contributed by atoms with van der Waals surface area (Å²) >= 11 is 5.96. The Morgan fingerprint density at radius 3 is 3.26 bits per heavy atom. The van der Waals surface area contributed by atoms with E-state index in [2.05, 4.69) is 30.6 Å². The van der Waals surface area contributed by atoms with Crippen molar-refractivity contribution in [2.24, 2.45) is 0 Å². The van der Waals surface area contributed by atoms with E-state index in [4.69, 9.17) is 11.6 Å². The van der Waals surface area contributed by atoms with Gasteiger partial charge in [-0.2, -0.15) is 0 Å². The summed E-state index contributed by atoms with van der Waals surface area (Å²) in [5.41, 5.74) is 3.46. The third-order valence-corrected chi connectivity index (χ3v) is 4.17. The number of imidazole rings is 2. The Hall–Kier alpha value is -2.38. The molecule has 1 atom stereocenters. The second kappa shape index (κ2) is 5.68. The molecule has 2 aromatic heterocycles. The van der Waals surface area contributed by atoms with Crippen molar-refractivity contribution in [2.45, 2.75) is 19.0 Å². The highest BCUT2D eigenvalue weighted by molar-refractivity contribution is 6.31. The molecule has 1 amide bonds. The van der Waals surface area contributed by atoms with Gasteiger partial charge in [0.15, 0.2) is 0 Å². The van der Waals surface area contributed by atoms with Gasteiger partial charge in [0.25, 0.3) is 0 Å². The molecule has 23 heavy (non-hydrogen) atoms. The molecule has 1 aromatic carbocycles. The van der Waals surface area contributed by atoms with E-state index in [1.807, 2.05) is 12.1 Å². The summed E-state index contributed by atoms with van der Waals surface area (Å²) in [6, 6.07) is 5.02. The molecule has 3 heterocycles. The van der Waals surface area contributed by atoms with E-state index in [-0.39, 0.29) is 5.91 Å². The number of hydrogen-bond donors (Lipinski definition) is 4. The highest BCUT2D eigenvalue weighted by atomic mass is 35.5. The number of benzene rings is 1. The average molecular weight is 331 g/mol. The number of carbonyl (C=O) groups is 1. The number of aromatic amines is 2. The van der Waals surface area contributed by atoms with Crippen LogP contribution in [0.25, 0.3) is 11.0 Å². The number of halogens is 1. The third kappa shape index (κ3) is 2.69. The number of rotatable bonds is 3. The normalized spacial score (nSPS) is 17.2. The van der Waals surface area contributed by atoms with Gasteiger partial charge in [0.05, 0.1) is 29.6 Å². The van der Waals surface area contributed by atoms with Crippen molar-refractivity contribution in [1.29, 1.82) is 0 Å². The summed E-state index contributed by atoms with van der Waals surface area (Å²) in [6.45, 7) is 1.07. The summed E-state index contributed by atoms with van der Waals surface area (Å²) < 4.78 is 0. The molecule has 4 N–H and O–H groups in total. The largest absolute Gasteiger partial charge is 0.348 e. The van der Waals surface area contributed by atoms with Crippen molar-refractivity contribution < 1.29 is 4.79 Å². The number of fused-ring (bicyclic) bond motifs is 2. The third-order valence-electron chi connectivity index (χ3n) is 3.93. The summed E-state index contributed by atoms with van der Waals surface area (Å²) in [5.74, 6) is 0.574. The van der Waals surface area contributed by atoms with Crippen LogP contribution in [0, 0.1) is 0 Å². The molecule has 0 saturated heterocycles. The first-order valence-electron chi connectivity index (χ1n) is 7.38. The molecule has 8 heteroatoms. The van der Waals surface area contributed by atoms with E-state index in [9.17, 15) is 4.79 Å². The van der Waals surface area contributed by atoms with Crippen molar-refractivity contribution in [1.82, 2.24) is 30.6 Å². The lowest BCUT2D eigenvalue weighted by atomic mass is 10.1. The van der Waals surface area contributed by atoms with Gasteiger partial charge in [0.2, 0.25) is 5.91 Å². The van der Waals surface area contributed by atoms with Gasteiger partial charge >= 0.3 is 0 Å². The Kier molecular flexibility index (Phi) is 3.51. The van der Waals surface area contributed by atoms with Crippen LogP contribution in [0.5, 0.6) is 0 Å². The van der Waals surface area contributed by atoms with Gasteiger partial charge in [0, 0.05) is 23.7 Å². The molecular formula is C15H15ClN6O. The molecular weight excluding hydrogens is 316 g/mol. The number of nitrogens with zero attached hydrogens (tertiary/aromatic N) is 2. The zero-order valence-electron chi connectivity index (χ0n) is 12.2. The Balaban J connectivity index is 1.47. The van der Waals surface area contributed by atoms with Crippen LogP contribution in [-0.2, 0) is 17.8 Å². The fourth-order valence-electron chi connectivity index (χ4n) is 2.83. The smallest absolute Gasteiger partial charge is 0.243 e. The molecule has 1 aliphatic heterocycles. The summed E-state index contributed by atoms with van der Waals surface area (Å²) in [4.78, 5) is 27.3. The van der Waals surface area contributed by atoms with Crippen LogP contribution in [0.2, 0.25) is 5.02 Å². The molecule has 1 aliphatic rings. The monoisotopic (exact) mass is 330 g/mol. The molecule has 0 saturated carbocycles. The molecule has 0 radical (unpaired) electrons. The number of hydrogen-bond acceptors (Lipinski definition) is 4. The lowest BCUT2D eigenvalue weighted by molar-refractivity contribution is -0.123. The average Bonchev–Trinajstić information content (AvgIpc) is 3.17. The Morgan fingerprint density at radius 2 is 2.35 bits per heavy atom. The maximum Gasteiger partial charge on any atom is 0.243 e. The topological polar surface area (TPSA) is 98.5 Å². The van der Waals surface area contributed by atoms with Crippen LogP contribution in [-0.4, -0.2) is 32.4 Å². The molecule has 0 unspecified atom stereocenters. The zero-order chi connectivity index (χ0) is 15.8. The first kappa shape index (κ1) is 14.2. The molecule has 3 aromatic rings. The molecule has 0 aliphatic carbocycles. The highest BCUT2D eigenvalue weighted by Crippen LogP contribution is 2.20. The zero-order valence-corrected chi connectivity index (χ0v) is 12.9. The van der Waals surface area contributed by atoms with Gasteiger partial charge in [-0.3, -0.25) is 4.79 Å². The first-order chi connectivity index (χ1) is 11.2. The van der Waals surface area contributed by atoms with Gasteiger partial charge in [0.1, 0.15) is 11.9 Å². The van der Waals surface area contributed by atoms with E-state index in [1.165, 1.54) is 0 Å². The van der Waals surface area contributed by atoms with Gasteiger partial charge in [-0.05, 0) is 18.2 Å². The van der Waals surface area contributed by atoms with Crippen molar-refractivity contribution in [3.8, 4) is 0 Å². The van der Waals surface area contributed by atoms with E-state index < -0.39 is 6.04 Å². The lowest BCUT2D eigenvalue weighted by Crippen LogP contribution is -2.41. The number of aromatic nitrogens is 4. The van der Waals surface area contributed by atoms with Crippen molar-refractivity contribution in [3.63, 3.8) is 0 Å². The van der Waals surface area contributed by atoms with Crippen LogP contribution in [0.3, 0.4) is 0 Å². The summed E-state index contributed by atoms with van der Waals surface area (Å²) in [7, 11) is 0. The van der Waals surface area contributed by atoms with E-state index in [0.717, 1.165) is 35.4 Å². The molecule has 118 valence electrons. The predicted molar refractivity (Wildman–Crippen MR) is 86.0 cm³/mol. The van der Waals surface area contributed by atoms with E-state index in [0.29, 0.717) is 17.4 Å². The fourth-order valence-corrected chi connectivity index (χ4v) is 3.00. The minimum Gasteiger partial charge on any atom is -0.348 e. The van der Waals surface area contributed by atoms with Crippen LogP contribution in [0.15, 0.2) is 24.5 Å². The predicted octanol–water partition coefficient (Wildman–Crippen LogP) is 1.44. The minimum atomic E-state index is -0.427. The Bertz CT molecular complexity index is 870. The van der Waals surface area contributed by atoms with E-state index in [1.54, 1.807) is 12.4 Å². The van der Waals surface area contributed by atoms with Crippen molar-refractivity contribution in [2.75, 3.05) is 6.54 Å². The maximum atomic E-state index is 12.4. The number of carbonyl (C=O) groups excluding carboxylic acids is 1. The van der Waals surface area contributed by atoms with Crippen molar-refractivity contribution >= 4 is 28.5 Å².